The monoisotopic (exact) mass is 373 g/mol. The van der Waals surface area contributed by atoms with Crippen molar-refractivity contribution in [1.29, 1.82) is 0 Å². The van der Waals surface area contributed by atoms with Gasteiger partial charge in [0.15, 0.2) is 5.11 Å². The summed E-state index contributed by atoms with van der Waals surface area (Å²) in [5, 5.41) is 4.36. The fourth-order valence-corrected chi connectivity index (χ4v) is 5.01. The highest BCUT2D eigenvalue weighted by atomic mass is 32.1. The molecule has 0 spiro atoms. The van der Waals surface area contributed by atoms with Gasteiger partial charge in [-0.1, -0.05) is 31.9 Å². The third kappa shape index (κ3) is 4.58. The van der Waals surface area contributed by atoms with Gasteiger partial charge >= 0.3 is 0 Å². The maximum absolute atomic E-state index is 5.71. The Bertz CT molecular complexity index is 622. The fourth-order valence-electron chi connectivity index (χ4n) is 4.71. The minimum atomic E-state index is 0.709. The van der Waals surface area contributed by atoms with E-state index in [1.165, 1.54) is 49.7 Å². The van der Waals surface area contributed by atoms with Crippen molar-refractivity contribution in [3.8, 4) is 0 Å². The average molecular weight is 374 g/mol. The molecule has 144 valence electrons. The molecule has 3 rings (SSSR count). The van der Waals surface area contributed by atoms with Gasteiger partial charge in [0.05, 0.1) is 0 Å². The lowest BCUT2D eigenvalue weighted by atomic mass is 9.84. The molecule has 2 fully saturated rings. The van der Waals surface area contributed by atoms with Crippen molar-refractivity contribution in [2.45, 2.75) is 71.4 Å². The lowest BCUT2D eigenvalue weighted by Crippen LogP contribution is -2.51. The zero-order valence-corrected chi connectivity index (χ0v) is 17.7. The second-order valence-corrected chi connectivity index (χ2v) is 8.85. The summed E-state index contributed by atoms with van der Waals surface area (Å²) in [4.78, 5) is 5.05. The zero-order chi connectivity index (χ0) is 18.7. The Balaban J connectivity index is 1.53. The van der Waals surface area contributed by atoms with Crippen molar-refractivity contribution < 1.29 is 0 Å². The van der Waals surface area contributed by atoms with Gasteiger partial charge in [-0.05, 0) is 81.9 Å². The number of anilines is 1. The van der Waals surface area contributed by atoms with Gasteiger partial charge in [-0.15, -0.1) is 0 Å². The Hall–Kier alpha value is -1.13. The smallest absolute Gasteiger partial charge is 0.173 e. The van der Waals surface area contributed by atoms with Gasteiger partial charge in [0.1, 0.15) is 0 Å². The van der Waals surface area contributed by atoms with Crippen molar-refractivity contribution >= 4 is 23.0 Å². The zero-order valence-electron chi connectivity index (χ0n) is 16.9. The van der Waals surface area contributed by atoms with Crippen molar-refractivity contribution in [2.75, 3.05) is 25.5 Å². The Morgan fingerprint density at radius 3 is 2.50 bits per heavy atom. The largest absolute Gasteiger partial charge is 0.349 e. The summed E-state index contributed by atoms with van der Waals surface area (Å²) in [6.45, 7) is 8.83. The molecule has 4 heteroatoms. The summed E-state index contributed by atoms with van der Waals surface area (Å²) < 4.78 is 0. The maximum Gasteiger partial charge on any atom is 0.173 e. The molecule has 1 N–H and O–H groups in total. The highest BCUT2D eigenvalue weighted by Gasteiger charge is 2.31. The minimum Gasteiger partial charge on any atom is -0.349 e. The summed E-state index contributed by atoms with van der Waals surface area (Å²) in [6.07, 6.45) is 8.04. The predicted molar refractivity (Wildman–Crippen MR) is 116 cm³/mol. The third-order valence-corrected chi connectivity index (χ3v) is 6.91. The molecular formula is C22H35N3S. The Kier molecular flexibility index (Phi) is 6.57. The molecule has 0 unspecified atom stereocenters. The lowest BCUT2D eigenvalue weighted by Gasteiger charge is -2.44. The third-order valence-electron chi connectivity index (χ3n) is 6.55. The quantitative estimate of drug-likeness (QED) is 0.753. The van der Waals surface area contributed by atoms with Crippen molar-refractivity contribution in [3.63, 3.8) is 0 Å². The normalized spacial score (nSPS) is 24.7. The van der Waals surface area contributed by atoms with E-state index in [4.69, 9.17) is 12.2 Å². The summed E-state index contributed by atoms with van der Waals surface area (Å²) in [6, 6.07) is 7.98. The molecule has 2 atom stereocenters. The first-order chi connectivity index (χ1) is 12.5. The highest BCUT2D eigenvalue weighted by molar-refractivity contribution is 7.80. The van der Waals surface area contributed by atoms with Gasteiger partial charge in [-0.25, -0.2) is 0 Å². The minimum absolute atomic E-state index is 0.709. The number of thiocarbonyl (C=S) groups is 1. The number of aryl methyl sites for hydroxylation is 2. The van der Waals surface area contributed by atoms with Crippen LogP contribution in [-0.2, 0) is 0 Å². The van der Waals surface area contributed by atoms with E-state index in [9.17, 15) is 0 Å². The van der Waals surface area contributed by atoms with Crippen LogP contribution in [0.25, 0.3) is 0 Å². The molecule has 1 heterocycles. The molecule has 1 saturated carbocycles. The van der Waals surface area contributed by atoms with Crippen LogP contribution in [0.15, 0.2) is 18.2 Å². The number of nitrogens with one attached hydrogen (secondary N) is 1. The molecule has 3 nitrogen and oxygen atoms in total. The second kappa shape index (κ2) is 8.71. The van der Waals surface area contributed by atoms with Gasteiger partial charge in [0, 0.05) is 30.9 Å². The van der Waals surface area contributed by atoms with E-state index >= 15 is 0 Å². The number of likely N-dealkylation sites (tertiary alicyclic amines) is 1. The summed E-state index contributed by atoms with van der Waals surface area (Å²) in [7, 11) is 2.36. The summed E-state index contributed by atoms with van der Waals surface area (Å²) in [5.74, 6) is 0.846. The van der Waals surface area contributed by atoms with Crippen LogP contribution in [0.2, 0.25) is 0 Å². The van der Waals surface area contributed by atoms with Gasteiger partial charge in [0.2, 0.25) is 0 Å². The standard InChI is InChI=1S/C22H35N3S/c1-16-9-10-17(2)20(15-16)23-22(26)25-13-11-19(12-14-25)24(4)21-8-6-5-7-18(21)3/h9-10,15,18-19,21H,5-8,11-14H2,1-4H3,(H,23,26)/t18-,21-/m1/s1. The molecular weight excluding hydrogens is 338 g/mol. The number of benzene rings is 1. The number of nitrogens with zero attached hydrogens (tertiary/aromatic N) is 2. The van der Waals surface area contributed by atoms with Crippen LogP contribution in [-0.4, -0.2) is 47.1 Å². The van der Waals surface area contributed by atoms with Crippen LogP contribution < -0.4 is 5.32 Å². The Labute approximate surface area is 165 Å². The molecule has 26 heavy (non-hydrogen) atoms. The van der Waals surface area contributed by atoms with Gasteiger partial charge in [-0.3, -0.25) is 0 Å². The Morgan fingerprint density at radius 1 is 1.12 bits per heavy atom. The average Bonchev–Trinajstić information content (AvgIpc) is 2.64. The number of hydrogen-bond donors (Lipinski definition) is 1. The van der Waals surface area contributed by atoms with Crippen LogP contribution >= 0.6 is 12.2 Å². The summed E-state index contributed by atoms with van der Waals surface area (Å²) >= 11 is 5.71. The second-order valence-electron chi connectivity index (χ2n) is 8.46. The van der Waals surface area contributed by atoms with E-state index in [0.717, 1.165) is 35.8 Å². The first-order valence-electron chi connectivity index (χ1n) is 10.3. The number of hydrogen-bond acceptors (Lipinski definition) is 2. The van der Waals surface area contributed by atoms with E-state index in [1.807, 2.05) is 0 Å². The molecule has 2 aliphatic rings. The van der Waals surface area contributed by atoms with Crippen LogP contribution in [0.1, 0.15) is 56.6 Å². The van der Waals surface area contributed by atoms with E-state index in [2.05, 4.69) is 61.1 Å². The molecule has 1 aliphatic heterocycles. The molecule has 1 aromatic carbocycles. The number of piperidine rings is 1. The molecule has 1 aromatic rings. The van der Waals surface area contributed by atoms with Crippen LogP contribution in [0.4, 0.5) is 5.69 Å². The lowest BCUT2D eigenvalue weighted by molar-refractivity contribution is 0.0691. The molecule has 0 radical (unpaired) electrons. The summed E-state index contributed by atoms with van der Waals surface area (Å²) in [5.41, 5.74) is 3.66. The highest BCUT2D eigenvalue weighted by Crippen LogP contribution is 2.30. The number of rotatable bonds is 3. The molecule has 0 amide bonds. The van der Waals surface area contributed by atoms with Crippen LogP contribution in [0.5, 0.6) is 0 Å². The van der Waals surface area contributed by atoms with Crippen molar-refractivity contribution in [3.05, 3.63) is 29.3 Å². The fraction of sp³-hybridized carbons (Fsp3) is 0.682. The first-order valence-corrected chi connectivity index (χ1v) is 10.7. The molecule has 1 saturated heterocycles. The van der Waals surface area contributed by atoms with Crippen molar-refractivity contribution in [1.82, 2.24) is 9.80 Å². The van der Waals surface area contributed by atoms with E-state index < -0.39 is 0 Å². The first kappa shape index (κ1) is 19.6. The van der Waals surface area contributed by atoms with Gasteiger partial charge < -0.3 is 15.1 Å². The van der Waals surface area contributed by atoms with Gasteiger partial charge in [-0.2, -0.15) is 0 Å². The SMILES string of the molecule is Cc1ccc(C)c(NC(=S)N2CCC(N(C)[C@@H]3CCCC[C@H]3C)CC2)c1. The Morgan fingerprint density at radius 2 is 1.81 bits per heavy atom. The predicted octanol–water partition coefficient (Wildman–Crippen LogP) is 4.98. The van der Waals surface area contributed by atoms with E-state index in [1.54, 1.807) is 0 Å². The molecule has 0 aromatic heterocycles. The molecule has 0 bridgehead atoms. The maximum atomic E-state index is 5.71. The molecule has 1 aliphatic carbocycles. The van der Waals surface area contributed by atoms with Gasteiger partial charge in [0.25, 0.3) is 0 Å². The van der Waals surface area contributed by atoms with Crippen LogP contribution in [0.3, 0.4) is 0 Å². The van der Waals surface area contributed by atoms with Crippen molar-refractivity contribution in [2.24, 2.45) is 5.92 Å². The van der Waals surface area contributed by atoms with E-state index in [0.29, 0.717) is 6.04 Å². The topological polar surface area (TPSA) is 18.5 Å². The van der Waals surface area contributed by atoms with E-state index in [-0.39, 0.29) is 0 Å². The van der Waals surface area contributed by atoms with Crippen LogP contribution in [0, 0.1) is 19.8 Å².